The van der Waals surface area contributed by atoms with Crippen LogP contribution in [0, 0.1) is 13.8 Å². The molecule has 212 valence electrons. The van der Waals surface area contributed by atoms with E-state index in [1.54, 1.807) is 12.3 Å². The molecule has 39 heavy (non-hydrogen) atoms. The summed E-state index contributed by atoms with van der Waals surface area (Å²) in [5.74, 6) is 0.827. The van der Waals surface area contributed by atoms with Gasteiger partial charge in [-0.2, -0.15) is 0 Å². The van der Waals surface area contributed by atoms with E-state index < -0.39 is 0 Å². The summed E-state index contributed by atoms with van der Waals surface area (Å²) in [7, 11) is 0. The van der Waals surface area contributed by atoms with Crippen molar-refractivity contribution in [3.8, 4) is 0 Å². The summed E-state index contributed by atoms with van der Waals surface area (Å²) in [6.45, 7) is 26.2. The fraction of sp³-hybridized carbons (Fsp3) is 0.343. The van der Waals surface area contributed by atoms with Gasteiger partial charge in [-0.1, -0.05) is 94.5 Å². The summed E-state index contributed by atoms with van der Waals surface area (Å²) in [4.78, 5) is 4.48. The Kier molecular flexibility index (Phi) is 19.3. The number of anilines is 1. The average molecular weight is 529 g/mol. The maximum Gasteiger partial charge on any atom is 0.103 e. The van der Waals surface area contributed by atoms with E-state index in [1.807, 2.05) is 45.1 Å². The number of allylic oxidation sites excluding steroid dienone is 7. The first-order valence-electron chi connectivity index (χ1n) is 14.0. The van der Waals surface area contributed by atoms with Crippen LogP contribution in [-0.4, -0.2) is 12.4 Å². The Morgan fingerprint density at radius 1 is 1.00 bits per heavy atom. The van der Waals surface area contributed by atoms with Crippen LogP contribution in [0.15, 0.2) is 114 Å². The van der Waals surface area contributed by atoms with E-state index in [2.05, 4.69) is 99.8 Å². The molecule has 0 aromatic heterocycles. The highest BCUT2D eigenvalue weighted by molar-refractivity contribution is 5.93. The van der Waals surface area contributed by atoms with Crippen molar-refractivity contribution >= 4 is 11.5 Å². The Bertz CT molecular complexity index is 1120. The van der Waals surface area contributed by atoms with Crippen LogP contribution in [0.3, 0.4) is 0 Å². The molecule has 0 aliphatic carbocycles. The predicted molar refractivity (Wildman–Crippen MR) is 176 cm³/mol. The van der Waals surface area contributed by atoms with Gasteiger partial charge in [0, 0.05) is 30.7 Å². The van der Waals surface area contributed by atoms with Crippen molar-refractivity contribution < 1.29 is 0 Å². The molecule has 0 heterocycles. The van der Waals surface area contributed by atoms with Crippen molar-refractivity contribution in [3.05, 3.63) is 125 Å². The Morgan fingerprint density at radius 3 is 2.23 bits per heavy atom. The van der Waals surface area contributed by atoms with Gasteiger partial charge in [-0.25, -0.2) is 4.99 Å². The summed E-state index contributed by atoms with van der Waals surface area (Å²) >= 11 is 0. The molecule has 4 nitrogen and oxygen atoms in total. The van der Waals surface area contributed by atoms with Gasteiger partial charge in [0.1, 0.15) is 5.84 Å². The van der Waals surface area contributed by atoms with E-state index in [0.717, 1.165) is 41.3 Å². The molecule has 4 N–H and O–H groups in total. The number of aryl methyl sites for hydroxylation is 2. The Balaban J connectivity index is 0.00000109. The van der Waals surface area contributed by atoms with Crippen LogP contribution >= 0.6 is 0 Å². The van der Waals surface area contributed by atoms with Crippen molar-refractivity contribution in [1.29, 1.82) is 0 Å². The quantitative estimate of drug-likeness (QED) is 0.118. The summed E-state index contributed by atoms with van der Waals surface area (Å²) in [5.41, 5.74) is 14.4. The molecule has 0 saturated heterocycles. The van der Waals surface area contributed by atoms with Crippen LogP contribution in [0.4, 0.5) is 5.69 Å². The summed E-state index contributed by atoms with van der Waals surface area (Å²) in [5, 5.41) is 6.78. The fourth-order valence-corrected chi connectivity index (χ4v) is 3.39. The number of hydrogen-bond acceptors (Lipinski definition) is 3. The molecule has 0 aliphatic rings. The topological polar surface area (TPSA) is 62.4 Å². The summed E-state index contributed by atoms with van der Waals surface area (Å²) in [6.07, 6.45) is 9.84. The minimum Gasteiger partial charge on any atom is -0.388 e. The van der Waals surface area contributed by atoms with Gasteiger partial charge in [-0.15, -0.1) is 0 Å². The van der Waals surface area contributed by atoms with E-state index in [4.69, 9.17) is 5.73 Å². The van der Waals surface area contributed by atoms with Gasteiger partial charge in [0.2, 0.25) is 0 Å². The van der Waals surface area contributed by atoms with Crippen LogP contribution in [-0.2, 0) is 6.54 Å². The number of nitrogens with two attached hydrogens (primary N) is 1. The lowest BCUT2D eigenvalue weighted by Crippen LogP contribution is -2.14. The smallest absolute Gasteiger partial charge is 0.103 e. The molecule has 0 unspecified atom stereocenters. The zero-order valence-corrected chi connectivity index (χ0v) is 25.7. The van der Waals surface area contributed by atoms with Crippen LogP contribution in [0.2, 0.25) is 0 Å². The monoisotopic (exact) mass is 528 g/mol. The van der Waals surface area contributed by atoms with Gasteiger partial charge in [0.15, 0.2) is 0 Å². The van der Waals surface area contributed by atoms with Gasteiger partial charge >= 0.3 is 0 Å². The van der Waals surface area contributed by atoms with Gasteiger partial charge in [-0.3, -0.25) is 0 Å². The first-order chi connectivity index (χ1) is 18.7. The van der Waals surface area contributed by atoms with Crippen LogP contribution in [0.25, 0.3) is 0 Å². The van der Waals surface area contributed by atoms with E-state index in [0.29, 0.717) is 6.54 Å². The molecular weight excluding hydrogens is 476 g/mol. The second-order valence-electron chi connectivity index (χ2n) is 9.09. The van der Waals surface area contributed by atoms with Crippen LogP contribution in [0.1, 0.15) is 71.1 Å². The molecule has 0 radical (unpaired) electrons. The molecule has 2 aromatic carbocycles. The number of unbranched alkanes of at least 4 members (excludes halogenated alkanes) is 1. The number of nitrogens with one attached hydrogen (secondary N) is 2. The molecule has 0 amide bonds. The molecule has 2 aromatic rings. The lowest BCUT2D eigenvalue weighted by molar-refractivity contribution is 0.706. The van der Waals surface area contributed by atoms with E-state index in [1.165, 1.54) is 28.7 Å². The SMILES string of the molecule is C=C/C=C(C(=C)/C=C\N=C(C)Nc1cccc(C)c1)\C(C)=C(/C)NCCCC.CC.Cc1ccc(CN)cc1. The largest absolute Gasteiger partial charge is 0.388 e. The molecule has 0 fully saturated rings. The highest BCUT2D eigenvalue weighted by Gasteiger charge is 2.06. The lowest BCUT2D eigenvalue weighted by Gasteiger charge is -2.14. The Hall–Kier alpha value is -3.63. The van der Waals surface area contributed by atoms with Gasteiger partial charge in [-0.05, 0) is 87.1 Å². The molecule has 0 spiro atoms. The van der Waals surface area contributed by atoms with E-state index in [9.17, 15) is 0 Å². The molecule has 0 saturated carbocycles. The van der Waals surface area contributed by atoms with Crippen molar-refractivity contribution in [2.75, 3.05) is 11.9 Å². The van der Waals surface area contributed by atoms with Crippen molar-refractivity contribution in [1.82, 2.24) is 5.32 Å². The van der Waals surface area contributed by atoms with Gasteiger partial charge in [0.25, 0.3) is 0 Å². The number of amidine groups is 1. The highest BCUT2D eigenvalue weighted by atomic mass is 15.0. The third-order valence-corrected chi connectivity index (χ3v) is 5.76. The number of hydrogen-bond donors (Lipinski definition) is 3. The zero-order chi connectivity index (χ0) is 29.6. The minimum atomic E-state index is 0.639. The first-order valence-corrected chi connectivity index (χ1v) is 14.0. The van der Waals surface area contributed by atoms with Gasteiger partial charge in [0.05, 0.1) is 0 Å². The number of benzene rings is 2. The number of nitrogens with zero attached hydrogens (tertiary/aromatic N) is 1. The molecule has 4 heteroatoms. The normalized spacial score (nSPS) is 11.9. The fourth-order valence-electron chi connectivity index (χ4n) is 3.39. The van der Waals surface area contributed by atoms with Crippen molar-refractivity contribution in [3.63, 3.8) is 0 Å². The molecule has 2 rings (SSSR count). The number of rotatable bonds is 11. The average Bonchev–Trinajstić information content (AvgIpc) is 2.93. The van der Waals surface area contributed by atoms with Crippen molar-refractivity contribution in [2.24, 2.45) is 10.7 Å². The standard InChI is InChI=1S/C25H35N3.C8H11N.C2H6/c1-8-10-16-26-22(6)21(5)25(12-9-2)20(4)15-17-27-23(7)28-24-14-11-13-19(3)18-24;1-7-2-4-8(6-9)5-3-7;1-2/h9,11-15,17-18,26H,2,4,8,10,16H2,1,3,5-7H3,(H,27,28);2-5H,6,9H2,1H3;1-2H3/b17-15-,22-21+,25-12-;;. The van der Waals surface area contributed by atoms with Crippen molar-refractivity contribution in [2.45, 2.75) is 74.8 Å². The molecular formula is C35H52N4. The number of aliphatic imine (C=N–C) groups is 1. The maximum absolute atomic E-state index is 5.40. The third-order valence-electron chi connectivity index (χ3n) is 5.76. The summed E-state index contributed by atoms with van der Waals surface area (Å²) < 4.78 is 0. The second-order valence-corrected chi connectivity index (χ2v) is 9.09. The Morgan fingerprint density at radius 2 is 1.67 bits per heavy atom. The van der Waals surface area contributed by atoms with Crippen LogP contribution in [0.5, 0.6) is 0 Å². The predicted octanol–water partition coefficient (Wildman–Crippen LogP) is 9.17. The van der Waals surface area contributed by atoms with E-state index in [-0.39, 0.29) is 0 Å². The first kappa shape index (κ1) is 35.4. The maximum atomic E-state index is 5.40. The summed E-state index contributed by atoms with van der Waals surface area (Å²) in [6, 6.07) is 16.5. The second kappa shape index (κ2) is 21.3. The Labute approximate surface area is 239 Å². The molecule has 0 bridgehead atoms. The third kappa shape index (κ3) is 15.4. The van der Waals surface area contributed by atoms with E-state index >= 15 is 0 Å². The van der Waals surface area contributed by atoms with Crippen LogP contribution < -0.4 is 16.4 Å². The zero-order valence-electron chi connectivity index (χ0n) is 25.7. The lowest BCUT2D eigenvalue weighted by atomic mass is 9.98. The molecule has 0 atom stereocenters. The minimum absolute atomic E-state index is 0.639. The highest BCUT2D eigenvalue weighted by Crippen LogP contribution is 2.21. The molecule has 0 aliphatic heterocycles. The van der Waals surface area contributed by atoms with Gasteiger partial charge < -0.3 is 16.4 Å².